The van der Waals surface area contributed by atoms with Gasteiger partial charge in [0.25, 0.3) is 0 Å². The molecule has 1 aromatic carbocycles. The number of aryl methyl sites for hydroxylation is 1. The van der Waals surface area contributed by atoms with Gasteiger partial charge in [-0.05, 0) is 37.0 Å². The third kappa shape index (κ3) is 3.75. The van der Waals surface area contributed by atoms with Crippen LogP contribution in [0, 0.1) is 0 Å². The van der Waals surface area contributed by atoms with Crippen LogP contribution in [0.2, 0.25) is 0 Å². The van der Waals surface area contributed by atoms with E-state index in [2.05, 4.69) is 16.4 Å². The Morgan fingerprint density at radius 1 is 1.53 bits per heavy atom. The van der Waals surface area contributed by atoms with Crippen molar-refractivity contribution < 1.29 is 9.90 Å². The highest BCUT2D eigenvalue weighted by atomic mass is 32.1. The van der Waals surface area contributed by atoms with Gasteiger partial charge in [-0.3, -0.25) is 4.79 Å². The summed E-state index contributed by atoms with van der Waals surface area (Å²) in [5, 5.41) is 12.9. The first kappa shape index (κ1) is 14.0. The minimum absolute atomic E-state index is 0.106. The number of fused-ring (bicyclic) bond motifs is 1. The minimum Gasteiger partial charge on any atom is -0.393 e. The Morgan fingerprint density at radius 3 is 3.00 bits per heavy atom. The molecule has 1 unspecified atom stereocenters. The van der Waals surface area contributed by atoms with E-state index in [1.165, 1.54) is 23.8 Å². The van der Waals surface area contributed by atoms with Gasteiger partial charge in [-0.15, -0.1) is 0 Å². The Labute approximate surface area is 116 Å². The van der Waals surface area contributed by atoms with Gasteiger partial charge in [0.05, 0.1) is 16.3 Å². The topological polar surface area (TPSA) is 62.2 Å². The lowest BCUT2D eigenvalue weighted by atomic mass is 10.1. The second kappa shape index (κ2) is 6.12. The van der Waals surface area contributed by atoms with E-state index in [1.54, 1.807) is 0 Å². The number of nitrogens with one attached hydrogen (secondary N) is 1. The predicted molar refractivity (Wildman–Crippen MR) is 78.5 cm³/mol. The highest BCUT2D eigenvalue weighted by Gasteiger charge is 2.07. The zero-order valence-electron chi connectivity index (χ0n) is 11.1. The van der Waals surface area contributed by atoms with E-state index in [4.69, 9.17) is 0 Å². The van der Waals surface area contributed by atoms with E-state index in [0.717, 1.165) is 29.5 Å². The lowest BCUT2D eigenvalue weighted by Gasteiger charge is -2.06. The van der Waals surface area contributed by atoms with Gasteiger partial charge in [-0.25, -0.2) is 4.98 Å². The van der Waals surface area contributed by atoms with Crippen molar-refractivity contribution >= 4 is 32.6 Å². The van der Waals surface area contributed by atoms with Crippen LogP contribution in [0.4, 0.5) is 5.13 Å². The van der Waals surface area contributed by atoms with Crippen molar-refractivity contribution in [2.75, 3.05) is 5.32 Å². The van der Waals surface area contributed by atoms with Crippen molar-refractivity contribution in [3.05, 3.63) is 23.8 Å². The minimum atomic E-state index is -0.230. The van der Waals surface area contributed by atoms with Crippen LogP contribution in [-0.4, -0.2) is 22.1 Å². The summed E-state index contributed by atoms with van der Waals surface area (Å²) < 4.78 is 1.06. The van der Waals surface area contributed by atoms with Gasteiger partial charge in [0, 0.05) is 6.92 Å². The number of hydrogen-bond acceptors (Lipinski definition) is 4. The summed E-state index contributed by atoms with van der Waals surface area (Å²) >= 11 is 1.47. The fourth-order valence-electron chi connectivity index (χ4n) is 1.87. The molecule has 1 aromatic heterocycles. The zero-order chi connectivity index (χ0) is 13.8. The number of carbonyl (C=O) groups excluding carboxylic acids is 1. The third-order valence-corrected chi connectivity index (χ3v) is 3.91. The molecule has 4 nitrogen and oxygen atoms in total. The number of anilines is 1. The van der Waals surface area contributed by atoms with E-state index in [9.17, 15) is 9.90 Å². The normalized spacial score (nSPS) is 12.6. The first-order valence-electron chi connectivity index (χ1n) is 6.43. The first-order chi connectivity index (χ1) is 9.08. The molecule has 102 valence electrons. The number of benzene rings is 1. The second-order valence-electron chi connectivity index (χ2n) is 4.60. The van der Waals surface area contributed by atoms with Crippen molar-refractivity contribution in [2.45, 2.75) is 39.2 Å². The number of hydrogen-bond donors (Lipinski definition) is 2. The standard InChI is InChI=1S/C14H18N2O2S/c1-3-11(18)6-4-10-5-7-12-13(8-10)19-14(16-12)15-9(2)17/h5,7-8,11,18H,3-4,6H2,1-2H3,(H,15,16,17). The summed E-state index contributed by atoms with van der Waals surface area (Å²) in [4.78, 5) is 15.3. The molecule has 19 heavy (non-hydrogen) atoms. The van der Waals surface area contributed by atoms with E-state index >= 15 is 0 Å². The average Bonchev–Trinajstić information content (AvgIpc) is 2.76. The van der Waals surface area contributed by atoms with Crippen LogP contribution in [-0.2, 0) is 11.2 Å². The summed E-state index contributed by atoms with van der Waals surface area (Å²) in [5.41, 5.74) is 2.09. The number of rotatable bonds is 5. The van der Waals surface area contributed by atoms with E-state index in [0.29, 0.717) is 5.13 Å². The van der Waals surface area contributed by atoms with Crippen LogP contribution < -0.4 is 5.32 Å². The third-order valence-electron chi connectivity index (χ3n) is 2.97. The monoisotopic (exact) mass is 278 g/mol. The summed E-state index contributed by atoms with van der Waals surface area (Å²) in [6.07, 6.45) is 2.19. The Hall–Kier alpha value is -1.46. The molecule has 0 spiro atoms. The zero-order valence-corrected chi connectivity index (χ0v) is 12.0. The van der Waals surface area contributed by atoms with E-state index < -0.39 is 0 Å². The number of thiazole rings is 1. The molecule has 0 radical (unpaired) electrons. The first-order valence-corrected chi connectivity index (χ1v) is 7.25. The maximum Gasteiger partial charge on any atom is 0.223 e. The number of aliphatic hydroxyl groups excluding tert-OH is 1. The highest BCUT2D eigenvalue weighted by Crippen LogP contribution is 2.27. The molecule has 1 heterocycles. The Bertz CT molecular complexity index is 580. The van der Waals surface area contributed by atoms with Crippen LogP contribution >= 0.6 is 11.3 Å². The second-order valence-corrected chi connectivity index (χ2v) is 5.63. The molecule has 0 aliphatic heterocycles. The van der Waals surface area contributed by atoms with E-state index in [-0.39, 0.29) is 12.0 Å². The molecule has 2 aromatic rings. The van der Waals surface area contributed by atoms with Gasteiger partial charge in [0.1, 0.15) is 0 Å². The number of nitrogens with zero attached hydrogens (tertiary/aromatic N) is 1. The van der Waals surface area contributed by atoms with Gasteiger partial charge in [0.2, 0.25) is 5.91 Å². The number of aliphatic hydroxyl groups is 1. The smallest absolute Gasteiger partial charge is 0.223 e. The van der Waals surface area contributed by atoms with Gasteiger partial charge < -0.3 is 10.4 Å². The van der Waals surface area contributed by atoms with Gasteiger partial charge in [-0.2, -0.15) is 0 Å². The molecule has 0 fully saturated rings. The Morgan fingerprint density at radius 2 is 2.32 bits per heavy atom. The quantitative estimate of drug-likeness (QED) is 0.884. The molecular formula is C14H18N2O2S. The van der Waals surface area contributed by atoms with Crippen LogP contribution in [0.25, 0.3) is 10.2 Å². The van der Waals surface area contributed by atoms with Crippen molar-refractivity contribution in [3.63, 3.8) is 0 Å². The Balaban J connectivity index is 2.13. The van der Waals surface area contributed by atoms with E-state index in [1.807, 2.05) is 19.1 Å². The molecule has 0 bridgehead atoms. The highest BCUT2D eigenvalue weighted by molar-refractivity contribution is 7.22. The molecule has 0 aliphatic carbocycles. The Kier molecular flexibility index (Phi) is 4.50. The van der Waals surface area contributed by atoms with Crippen LogP contribution in [0.5, 0.6) is 0 Å². The molecular weight excluding hydrogens is 260 g/mol. The molecule has 1 atom stereocenters. The summed E-state index contributed by atoms with van der Waals surface area (Å²) in [6.45, 7) is 3.46. The number of amides is 1. The number of carbonyl (C=O) groups is 1. The van der Waals surface area contributed by atoms with Crippen molar-refractivity contribution in [1.29, 1.82) is 0 Å². The molecule has 2 rings (SSSR count). The number of aromatic nitrogens is 1. The summed E-state index contributed by atoms with van der Waals surface area (Å²) in [7, 11) is 0. The fourth-order valence-corrected chi connectivity index (χ4v) is 2.84. The SMILES string of the molecule is CCC(O)CCc1ccc2nc(NC(C)=O)sc2c1. The maximum atomic E-state index is 11.0. The lowest BCUT2D eigenvalue weighted by Crippen LogP contribution is -2.05. The van der Waals surface area contributed by atoms with Crippen molar-refractivity contribution in [1.82, 2.24) is 4.98 Å². The van der Waals surface area contributed by atoms with Gasteiger partial charge >= 0.3 is 0 Å². The fraction of sp³-hybridized carbons (Fsp3) is 0.429. The molecule has 0 aliphatic rings. The summed E-state index contributed by atoms with van der Waals surface area (Å²) in [6, 6.07) is 6.08. The van der Waals surface area contributed by atoms with Gasteiger partial charge in [0.15, 0.2) is 5.13 Å². The van der Waals surface area contributed by atoms with Crippen LogP contribution in [0.15, 0.2) is 18.2 Å². The van der Waals surface area contributed by atoms with Crippen LogP contribution in [0.1, 0.15) is 32.3 Å². The predicted octanol–water partition coefficient (Wildman–Crippen LogP) is 2.96. The molecule has 0 saturated carbocycles. The lowest BCUT2D eigenvalue weighted by molar-refractivity contribution is -0.114. The average molecular weight is 278 g/mol. The molecule has 2 N–H and O–H groups in total. The van der Waals surface area contributed by atoms with Crippen LogP contribution in [0.3, 0.4) is 0 Å². The largest absolute Gasteiger partial charge is 0.393 e. The molecule has 0 saturated heterocycles. The summed E-state index contributed by atoms with van der Waals surface area (Å²) in [5.74, 6) is -0.106. The molecule has 1 amide bonds. The molecule has 5 heteroatoms. The maximum absolute atomic E-state index is 11.0. The van der Waals surface area contributed by atoms with Crippen molar-refractivity contribution in [2.24, 2.45) is 0 Å². The van der Waals surface area contributed by atoms with Crippen molar-refractivity contribution in [3.8, 4) is 0 Å². The van der Waals surface area contributed by atoms with Gasteiger partial charge in [-0.1, -0.05) is 24.3 Å².